The molecule has 190 valence electrons. The van der Waals surface area contributed by atoms with E-state index in [0.29, 0.717) is 11.3 Å². The molecule has 1 atom stereocenters. The van der Waals surface area contributed by atoms with Crippen molar-refractivity contribution in [3.63, 3.8) is 0 Å². The van der Waals surface area contributed by atoms with Gasteiger partial charge in [-0.15, -0.1) is 0 Å². The molecule has 0 unspecified atom stereocenters. The summed E-state index contributed by atoms with van der Waals surface area (Å²) in [6, 6.07) is 7.11. The predicted octanol–water partition coefficient (Wildman–Crippen LogP) is 5.88. The molecule has 35 heavy (non-hydrogen) atoms. The third-order valence-electron chi connectivity index (χ3n) is 5.16. The van der Waals surface area contributed by atoms with Crippen LogP contribution in [0.3, 0.4) is 0 Å². The van der Waals surface area contributed by atoms with Crippen LogP contribution in [0.5, 0.6) is 0 Å². The summed E-state index contributed by atoms with van der Waals surface area (Å²) in [5, 5.41) is 21.3. The molecule has 0 aliphatic carbocycles. The average molecular weight is 500 g/mol. The number of hydrogen-bond acceptors (Lipinski definition) is 4. The van der Waals surface area contributed by atoms with Crippen LogP contribution in [-0.4, -0.2) is 45.6 Å². The van der Waals surface area contributed by atoms with Gasteiger partial charge in [0.25, 0.3) is 0 Å². The van der Waals surface area contributed by atoms with Crippen molar-refractivity contribution in [2.75, 3.05) is 11.5 Å². The highest BCUT2D eigenvalue weighted by Crippen LogP contribution is 2.15. The number of hydrogen-bond donors (Lipinski definition) is 3. The number of rotatable bonds is 15. The van der Waals surface area contributed by atoms with Gasteiger partial charge >= 0.3 is 11.9 Å². The molecule has 0 radical (unpaired) electrons. The molecule has 1 aromatic rings. The van der Waals surface area contributed by atoms with Gasteiger partial charge in [-0.25, -0.2) is 9.59 Å². The van der Waals surface area contributed by atoms with Gasteiger partial charge < -0.3 is 15.5 Å². The van der Waals surface area contributed by atoms with E-state index in [1.54, 1.807) is 30.3 Å². The lowest BCUT2D eigenvalue weighted by Crippen LogP contribution is -2.42. The summed E-state index contributed by atoms with van der Waals surface area (Å²) >= 11 is 1.40. The van der Waals surface area contributed by atoms with Crippen LogP contribution in [0.4, 0.5) is 0 Å². The Balaban J connectivity index is 2.54. The van der Waals surface area contributed by atoms with Crippen molar-refractivity contribution in [3.8, 4) is 0 Å². The highest BCUT2D eigenvalue weighted by atomic mass is 32.2. The summed E-state index contributed by atoms with van der Waals surface area (Å²) in [5.41, 5.74) is 4.14. The number of nitrogens with one attached hydrogen (secondary N) is 1. The quantitative estimate of drug-likeness (QED) is 0.158. The lowest BCUT2D eigenvalue weighted by atomic mass is 10.1. The van der Waals surface area contributed by atoms with Crippen LogP contribution in [0, 0.1) is 0 Å². The van der Waals surface area contributed by atoms with E-state index >= 15 is 0 Å². The number of carbonyl (C=O) groups excluding carboxylic acids is 1. The van der Waals surface area contributed by atoms with Gasteiger partial charge in [0.05, 0.1) is 5.57 Å². The van der Waals surface area contributed by atoms with E-state index in [1.807, 2.05) is 0 Å². The second-order valence-electron chi connectivity index (χ2n) is 8.63. The van der Waals surface area contributed by atoms with Gasteiger partial charge in [-0.05, 0) is 58.9 Å². The molecule has 1 aromatic carbocycles. The summed E-state index contributed by atoms with van der Waals surface area (Å²) in [4.78, 5) is 35.4. The van der Waals surface area contributed by atoms with Crippen LogP contribution in [0.25, 0.3) is 5.57 Å². The molecule has 0 aliphatic heterocycles. The number of aliphatic carboxylic acids is 2. The van der Waals surface area contributed by atoms with E-state index in [2.05, 4.69) is 51.2 Å². The number of allylic oxidation sites excluding steroid dienone is 5. The number of amides is 1. The first kappa shape index (κ1) is 30.0. The Morgan fingerprint density at radius 3 is 2.09 bits per heavy atom. The molecule has 0 aliphatic rings. The molecule has 0 saturated carbocycles. The van der Waals surface area contributed by atoms with Crippen LogP contribution in [0.1, 0.15) is 58.9 Å². The van der Waals surface area contributed by atoms with Crippen LogP contribution in [0.15, 0.2) is 71.4 Å². The van der Waals surface area contributed by atoms with Gasteiger partial charge in [0, 0.05) is 17.6 Å². The van der Waals surface area contributed by atoms with Crippen LogP contribution < -0.4 is 5.32 Å². The summed E-state index contributed by atoms with van der Waals surface area (Å²) in [7, 11) is 0. The maximum atomic E-state index is 12.3. The molecule has 0 aromatic heterocycles. The van der Waals surface area contributed by atoms with E-state index < -0.39 is 23.9 Å². The van der Waals surface area contributed by atoms with Crippen LogP contribution in [-0.2, 0) is 14.4 Å². The Morgan fingerprint density at radius 2 is 1.51 bits per heavy atom. The molecule has 6 nitrogen and oxygen atoms in total. The van der Waals surface area contributed by atoms with E-state index in [0.717, 1.165) is 31.8 Å². The maximum absolute atomic E-state index is 12.3. The van der Waals surface area contributed by atoms with E-state index in [4.69, 9.17) is 0 Å². The van der Waals surface area contributed by atoms with Gasteiger partial charge in [-0.3, -0.25) is 4.79 Å². The molecular formula is C28H37NO5S. The largest absolute Gasteiger partial charge is 0.480 e. The first-order chi connectivity index (χ1) is 16.6. The van der Waals surface area contributed by atoms with Crippen molar-refractivity contribution in [1.29, 1.82) is 0 Å². The molecule has 0 fully saturated rings. The zero-order chi connectivity index (χ0) is 26.2. The Morgan fingerprint density at radius 1 is 0.914 bits per heavy atom. The second kappa shape index (κ2) is 16.5. The zero-order valence-corrected chi connectivity index (χ0v) is 21.9. The lowest BCUT2D eigenvalue weighted by molar-refractivity contribution is -0.140. The average Bonchev–Trinajstić information content (AvgIpc) is 2.79. The number of carboxylic acid groups (broad SMARTS) is 2. The Labute approximate surface area is 212 Å². The topological polar surface area (TPSA) is 104 Å². The second-order valence-corrected chi connectivity index (χ2v) is 9.70. The van der Waals surface area contributed by atoms with Crippen molar-refractivity contribution in [2.45, 2.75) is 59.4 Å². The standard InChI is InChI=1S/C28H37NO5S/c1-20(2)10-8-11-21(3)12-9-13-22(4)16-17-35-19-25(28(33)34)29-26(30)18-24(27(31)32)23-14-6-5-7-15-23/h5-7,10,12,14-16,18,25H,8-9,11,13,17,19H2,1-4H3,(H,29,30)(H,31,32)(H,33,34)/b21-12+,22-16+,24-18+/t25-/m0/s1. The van der Waals surface area contributed by atoms with Crippen molar-refractivity contribution in [2.24, 2.45) is 0 Å². The van der Waals surface area contributed by atoms with Crippen molar-refractivity contribution in [1.82, 2.24) is 5.32 Å². The predicted molar refractivity (Wildman–Crippen MR) is 144 cm³/mol. The fraction of sp³-hybridized carbons (Fsp3) is 0.393. The molecule has 1 amide bonds. The summed E-state index contributed by atoms with van der Waals surface area (Å²) in [6.45, 7) is 8.43. The molecule has 0 saturated heterocycles. The maximum Gasteiger partial charge on any atom is 0.336 e. The number of carboxylic acids is 2. The SMILES string of the molecule is CC(C)=CCC/C(C)=C/CC/C(C)=C/CSC[C@H](NC(=O)/C=C(/C(=O)O)c1ccccc1)C(=O)O. The first-order valence-electron chi connectivity index (χ1n) is 11.7. The van der Waals surface area contributed by atoms with Crippen LogP contribution >= 0.6 is 11.8 Å². The number of benzene rings is 1. The van der Waals surface area contributed by atoms with Crippen molar-refractivity contribution < 1.29 is 24.6 Å². The minimum Gasteiger partial charge on any atom is -0.480 e. The normalized spacial score (nSPS) is 13.2. The van der Waals surface area contributed by atoms with Gasteiger partial charge in [-0.1, -0.05) is 65.3 Å². The Kier molecular flexibility index (Phi) is 14.2. The van der Waals surface area contributed by atoms with Gasteiger partial charge in [0.1, 0.15) is 6.04 Å². The monoisotopic (exact) mass is 499 g/mol. The molecule has 7 heteroatoms. The fourth-order valence-electron chi connectivity index (χ4n) is 3.13. The lowest BCUT2D eigenvalue weighted by Gasteiger charge is -2.13. The Hall–Kier alpha value is -3.06. The number of thioether (sulfide) groups is 1. The molecule has 3 N–H and O–H groups in total. The third kappa shape index (κ3) is 13.4. The van der Waals surface area contributed by atoms with E-state index in [1.165, 1.54) is 28.5 Å². The molecule has 0 heterocycles. The van der Waals surface area contributed by atoms with Gasteiger partial charge in [0.2, 0.25) is 5.91 Å². The molecule has 0 spiro atoms. The summed E-state index contributed by atoms with van der Waals surface area (Å²) in [6.07, 6.45) is 11.6. The molecular weight excluding hydrogens is 462 g/mol. The fourth-order valence-corrected chi connectivity index (χ4v) is 4.13. The van der Waals surface area contributed by atoms with Gasteiger partial charge in [-0.2, -0.15) is 11.8 Å². The van der Waals surface area contributed by atoms with E-state index in [-0.39, 0.29) is 11.3 Å². The van der Waals surface area contributed by atoms with Crippen molar-refractivity contribution >= 4 is 35.2 Å². The first-order valence-corrected chi connectivity index (χ1v) is 12.8. The summed E-state index contributed by atoms with van der Waals surface area (Å²) in [5.74, 6) is -2.36. The molecule has 1 rings (SSSR count). The van der Waals surface area contributed by atoms with Crippen molar-refractivity contribution in [3.05, 3.63) is 76.9 Å². The van der Waals surface area contributed by atoms with Crippen LogP contribution in [0.2, 0.25) is 0 Å². The summed E-state index contributed by atoms with van der Waals surface area (Å²) < 4.78 is 0. The van der Waals surface area contributed by atoms with E-state index in [9.17, 15) is 24.6 Å². The smallest absolute Gasteiger partial charge is 0.336 e. The zero-order valence-electron chi connectivity index (χ0n) is 21.0. The third-order valence-corrected chi connectivity index (χ3v) is 6.13. The number of carbonyl (C=O) groups is 3. The Bertz CT molecular complexity index is 972. The van der Waals surface area contributed by atoms with Gasteiger partial charge in [0.15, 0.2) is 0 Å². The highest BCUT2D eigenvalue weighted by molar-refractivity contribution is 7.99. The minimum absolute atomic E-state index is 0.176. The molecule has 0 bridgehead atoms. The minimum atomic E-state index is -1.26. The highest BCUT2D eigenvalue weighted by Gasteiger charge is 2.20.